The summed E-state index contributed by atoms with van der Waals surface area (Å²) in [6, 6.07) is 1.30. The number of nitrogens with zero attached hydrogens (tertiary/aromatic N) is 3. The Hall–Kier alpha value is -3.18. The molecule has 2 aliphatic rings. The summed E-state index contributed by atoms with van der Waals surface area (Å²) >= 11 is 0. The van der Waals surface area contributed by atoms with Gasteiger partial charge in [-0.1, -0.05) is 0 Å². The number of carboxylic acids is 1. The van der Waals surface area contributed by atoms with Crippen LogP contribution in [0.5, 0.6) is 0 Å². The maximum atomic E-state index is 12.7. The van der Waals surface area contributed by atoms with E-state index in [1.165, 1.54) is 6.92 Å². The van der Waals surface area contributed by atoms with Gasteiger partial charge in [0.05, 0.1) is 11.6 Å². The van der Waals surface area contributed by atoms with Crippen LogP contribution in [0.1, 0.15) is 29.3 Å². The zero-order valence-electron chi connectivity index (χ0n) is 17.1. The first-order chi connectivity index (χ1) is 14.4. The molecule has 0 aromatic carbocycles. The van der Waals surface area contributed by atoms with Crippen molar-refractivity contribution in [1.82, 2.24) is 20.1 Å². The average molecular weight is 444 g/mol. The number of carboxylic acid groups (broad SMARTS) is 1. The van der Waals surface area contributed by atoms with E-state index in [4.69, 9.17) is 9.90 Å². The highest BCUT2D eigenvalue weighted by Gasteiger charge is 2.50. The molecule has 2 fully saturated rings. The van der Waals surface area contributed by atoms with Crippen LogP contribution >= 0.6 is 0 Å². The number of rotatable bonds is 2. The quantitative estimate of drug-likeness (QED) is 0.697. The summed E-state index contributed by atoms with van der Waals surface area (Å²) in [7, 11) is 1.58. The number of aromatic nitrogens is 1. The lowest BCUT2D eigenvalue weighted by molar-refractivity contribution is -0.192. The molecule has 3 rings (SSSR count). The van der Waals surface area contributed by atoms with E-state index in [1.54, 1.807) is 29.2 Å². The van der Waals surface area contributed by atoms with Gasteiger partial charge in [-0.2, -0.15) is 13.2 Å². The van der Waals surface area contributed by atoms with E-state index in [0.717, 1.165) is 5.56 Å². The Labute approximate surface area is 176 Å². The van der Waals surface area contributed by atoms with Gasteiger partial charge in [-0.05, 0) is 25.0 Å². The van der Waals surface area contributed by atoms with Gasteiger partial charge in [0, 0.05) is 45.4 Å². The maximum absolute atomic E-state index is 12.7. The van der Waals surface area contributed by atoms with Gasteiger partial charge in [-0.3, -0.25) is 19.4 Å². The summed E-state index contributed by atoms with van der Waals surface area (Å²) in [4.78, 5) is 53.1. The van der Waals surface area contributed by atoms with Crippen LogP contribution < -0.4 is 5.32 Å². The Morgan fingerprint density at radius 1 is 1.19 bits per heavy atom. The maximum Gasteiger partial charge on any atom is 0.490 e. The molecule has 0 radical (unpaired) electrons. The molecule has 3 atom stereocenters. The fourth-order valence-electron chi connectivity index (χ4n) is 3.91. The fraction of sp³-hybridized carbons (Fsp3) is 0.526. The molecule has 170 valence electrons. The van der Waals surface area contributed by atoms with Gasteiger partial charge in [0.25, 0.3) is 5.91 Å². The minimum Gasteiger partial charge on any atom is -0.475 e. The lowest BCUT2D eigenvalue weighted by Crippen LogP contribution is -2.49. The molecule has 12 heteroatoms. The van der Waals surface area contributed by atoms with Gasteiger partial charge in [0.15, 0.2) is 0 Å². The van der Waals surface area contributed by atoms with Crippen LogP contribution in [-0.2, 0) is 14.4 Å². The SMILES string of the molecule is CNC(=O)[C@H]1C[C@@H]2CN(C(=O)c3cncc(C)c3)C[C@@H]2N1C(C)=O.O=C(O)C(F)(F)F. The molecule has 0 aliphatic carbocycles. The van der Waals surface area contributed by atoms with Crippen LogP contribution in [0.4, 0.5) is 13.2 Å². The molecule has 9 nitrogen and oxygen atoms in total. The van der Waals surface area contributed by atoms with Gasteiger partial charge in [0.1, 0.15) is 6.04 Å². The number of pyridine rings is 1. The topological polar surface area (TPSA) is 120 Å². The Balaban J connectivity index is 0.000000423. The number of alkyl halides is 3. The van der Waals surface area contributed by atoms with E-state index >= 15 is 0 Å². The Kier molecular flexibility index (Phi) is 7.24. The molecule has 0 unspecified atom stereocenters. The van der Waals surface area contributed by atoms with Gasteiger partial charge >= 0.3 is 12.1 Å². The molecule has 2 aliphatic heterocycles. The first kappa shape index (κ1) is 24.1. The van der Waals surface area contributed by atoms with Crippen LogP contribution in [0.25, 0.3) is 0 Å². The molecule has 0 bridgehead atoms. The number of likely N-dealkylation sites (N-methyl/N-ethyl adjacent to an activating group) is 1. The largest absolute Gasteiger partial charge is 0.490 e. The van der Waals surface area contributed by atoms with Crippen molar-refractivity contribution in [3.8, 4) is 0 Å². The van der Waals surface area contributed by atoms with Crippen molar-refractivity contribution in [1.29, 1.82) is 0 Å². The zero-order valence-corrected chi connectivity index (χ0v) is 17.1. The van der Waals surface area contributed by atoms with E-state index in [9.17, 15) is 27.6 Å². The minimum absolute atomic E-state index is 0.0689. The van der Waals surface area contributed by atoms with E-state index in [2.05, 4.69) is 10.3 Å². The number of hydrogen-bond acceptors (Lipinski definition) is 5. The third-order valence-electron chi connectivity index (χ3n) is 5.19. The molecule has 0 spiro atoms. The van der Waals surface area contributed by atoms with Gasteiger partial charge in [-0.15, -0.1) is 0 Å². The molecule has 1 aromatic heterocycles. The lowest BCUT2D eigenvalue weighted by atomic mass is 10.0. The van der Waals surface area contributed by atoms with Crippen LogP contribution in [-0.4, -0.2) is 82.0 Å². The Morgan fingerprint density at radius 3 is 2.29 bits per heavy atom. The predicted molar refractivity (Wildman–Crippen MR) is 101 cm³/mol. The van der Waals surface area contributed by atoms with Gasteiger partial charge in [0.2, 0.25) is 11.8 Å². The van der Waals surface area contributed by atoms with Crippen molar-refractivity contribution in [2.75, 3.05) is 20.1 Å². The highest BCUT2D eigenvalue weighted by atomic mass is 19.4. The van der Waals surface area contributed by atoms with E-state index in [0.29, 0.717) is 25.1 Å². The molecular weight excluding hydrogens is 421 g/mol. The molecule has 0 saturated carbocycles. The van der Waals surface area contributed by atoms with E-state index in [1.807, 2.05) is 13.0 Å². The second kappa shape index (κ2) is 9.31. The summed E-state index contributed by atoms with van der Waals surface area (Å²) in [5.74, 6) is -2.95. The van der Waals surface area contributed by atoms with Crippen LogP contribution in [0.2, 0.25) is 0 Å². The van der Waals surface area contributed by atoms with Gasteiger partial charge < -0.3 is 20.2 Å². The Morgan fingerprint density at radius 2 is 1.81 bits per heavy atom. The van der Waals surface area contributed by atoms with Crippen LogP contribution in [0.15, 0.2) is 18.5 Å². The van der Waals surface area contributed by atoms with E-state index < -0.39 is 18.2 Å². The highest BCUT2D eigenvalue weighted by Crippen LogP contribution is 2.36. The number of fused-ring (bicyclic) bond motifs is 1. The molecule has 3 amide bonds. The first-order valence-corrected chi connectivity index (χ1v) is 9.38. The van der Waals surface area contributed by atoms with Gasteiger partial charge in [-0.25, -0.2) is 4.79 Å². The molecule has 2 saturated heterocycles. The van der Waals surface area contributed by atoms with E-state index in [-0.39, 0.29) is 29.7 Å². The van der Waals surface area contributed by atoms with Crippen molar-refractivity contribution in [3.05, 3.63) is 29.6 Å². The number of aliphatic carboxylic acids is 1. The van der Waals surface area contributed by atoms with Crippen molar-refractivity contribution in [2.24, 2.45) is 5.92 Å². The summed E-state index contributed by atoms with van der Waals surface area (Å²) < 4.78 is 31.7. The first-order valence-electron chi connectivity index (χ1n) is 9.38. The number of likely N-dealkylation sites (tertiary alicyclic amines) is 2. The number of halogens is 3. The number of carbonyl (C=O) groups excluding carboxylic acids is 3. The molecule has 3 heterocycles. The number of hydrogen-bond donors (Lipinski definition) is 2. The predicted octanol–water partition coefficient (Wildman–Crippen LogP) is 0.831. The number of amides is 3. The smallest absolute Gasteiger partial charge is 0.475 e. The van der Waals surface area contributed by atoms with Crippen molar-refractivity contribution < 1.29 is 37.5 Å². The van der Waals surface area contributed by atoms with Crippen molar-refractivity contribution >= 4 is 23.7 Å². The number of aryl methyl sites for hydroxylation is 1. The molecular formula is C19H23F3N4O5. The fourth-order valence-corrected chi connectivity index (χ4v) is 3.91. The van der Waals surface area contributed by atoms with Crippen molar-refractivity contribution in [2.45, 2.75) is 38.5 Å². The summed E-state index contributed by atoms with van der Waals surface area (Å²) in [5.41, 5.74) is 1.50. The minimum atomic E-state index is -5.08. The standard InChI is InChI=1S/C17H22N4O3.C2HF3O2/c1-10-4-12(7-19-6-10)17(24)20-8-13-5-14(16(23)18-3)21(11(2)22)15(13)9-20;3-2(4,5)1(6)7/h4,6-7,13-15H,5,8-9H2,1-3H3,(H,18,23);(H,6,7)/t13-,14-,15+;/m1./s1. The Bertz CT molecular complexity index is 876. The third kappa shape index (κ3) is 5.50. The second-order valence-electron chi connectivity index (χ2n) is 7.38. The summed E-state index contributed by atoms with van der Waals surface area (Å²) in [6.07, 6.45) is -1.21. The summed E-state index contributed by atoms with van der Waals surface area (Å²) in [5, 5.41) is 9.75. The van der Waals surface area contributed by atoms with Crippen molar-refractivity contribution in [3.63, 3.8) is 0 Å². The summed E-state index contributed by atoms with van der Waals surface area (Å²) in [6.45, 7) is 4.40. The molecule has 1 aromatic rings. The number of nitrogens with one attached hydrogen (secondary N) is 1. The zero-order chi connectivity index (χ0) is 23.5. The highest BCUT2D eigenvalue weighted by molar-refractivity contribution is 5.94. The number of carbonyl (C=O) groups is 4. The monoisotopic (exact) mass is 444 g/mol. The normalized spacial score (nSPS) is 22.3. The molecule has 2 N–H and O–H groups in total. The third-order valence-corrected chi connectivity index (χ3v) is 5.19. The average Bonchev–Trinajstić information content (AvgIpc) is 3.24. The van der Waals surface area contributed by atoms with Crippen LogP contribution in [0.3, 0.4) is 0 Å². The second-order valence-corrected chi connectivity index (χ2v) is 7.38. The lowest BCUT2D eigenvalue weighted by Gasteiger charge is -2.28. The molecule has 31 heavy (non-hydrogen) atoms. The van der Waals surface area contributed by atoms with Crippen LogP contribution in [0, 0.1) is 12.8 Å².